The van der Waals surface area contributed by atoms with Crippen molar-refractivity contribution in [3.63, 3.8) is 0 Å². The summed E-state index contributed by atoms with van der Waals surface area (Å²) in [6.45, 7) is 6.68. The highest BCUT2D eigenvalue weighted by Gasteiger charge is 2.34. The molecule has 0 radical (unpaired) electrons. The summed E-state index contributed by atoms with van der Waals surface area (Å²) < 4.78 is 40.4. The second-order valence-corrected chi connectivity index (χ2v) is 7.01. The number of fused-ring (bicyclic) bond motifs is 1. The van der Waals surface area contributed by atoms with Crippen molar-refractivity contribution in [2.24, 2.45) is 0 Å². The minimum absolute atomic E-state index is 0.215. The van der Waals surface area contributed by atoms with Crippen molar-refractivity contribution in [3.8, 4) is 0 Å². The predicted molar refractivity (Wildman–Crippen MR) is 98.5 cm³/mol. The van der Waals surface area contributed by atoms with E-state index in [1.54, 1.807) is 6.20 Å². The van der Waals surface area contributed by atoms with Gasteiger partial charge in [0.1, 0.15) is 11.6 Å². The van der Waals surface area contributed by atoms with Gasteiger partial charge in [0, 0.05) is 56.9 Å². The minimum Gasteiger partial charge on any atom is -0.353 e. The molecule has 0 aliphatic carbocycles. The number of halogens is 3. The average Bonchev–Trinajstić information content (AvgIpc) is 3.13. The zero-order valence-electron chi connectivity index (χ0n) is 15.6. The monoisotopic (exact) mass is 391 g/mol. The number of hydrogen-bond donors (Lipinski definition) is 0. The van der Waals surface area contributed by atoms with Crippen LogP contribution in [0, 0.1) is 0 Å². The first-order valence-electron chi connectivity index (χ1n) is 9.06. The fraction of sp³-hybridized carbons (Fsp3) is 0.444. The van der Waals surface area contributed by atoms with Crippen molar-refractivity contribution in [1.82, 2.24) is 24.3 Å². The Bertz CT molecular complexity index is 975. The lowest BCUT2D eigenvalue weighted by Crippen LogP contribution is -2.47. The highest BCUT2D eigenvalue weighted by atomic mass is 19.4. The Morgan fingerprint density at radius 3 is 2.36 bits per heavy atom. The summed E-state index contributed by atoms with van der Waals surface area (Å²) in [7, 11) is 0. The molecule has 1 saturated heterocycles. The molecule has 1 aliphatic rings. The minimum atomic E-state index is -4.48. The van der Waals surface area contributed by atoms with E-state index in [9.17, 15) is 13.2 Å². The maximum absolute atomic E-state index is 13.0. The molecule has 1 aliphatic heterocycles. The molecule has 3 aromatic heterocycles. The zero-order valence-corrected chi connectivity index (χ0v) is 15.6. The number of alkyl halides is 3. The number of nitrogens with zero attached hydrogens (tertiary/aromatic N) is 7. The average molecular weight is 391 g/mol. The van der Waals surface area contributed by atoms with E-state index in [-0.39, 0.29) is 11.6 Å². The van der Waals surface area contributed by atoms with Crippen LogP contribution in [0.1, 0.15) is 31.3 Å². The van der Waals surface area contributed by atoms with E-state index in [0.717, 1.165) is 17.8 Å². The Balaban J connectivity index is 1.54. The van der Waals surface area contributed by atoms with Gasteiger partial charge in [0.15, 0.2) is 17.2 Å². The first kappa shape index (κ1) is 18.5. The Labute approximate surface area is 159 Å². The molecule has 0 spiro atoms. The molecule has 3 aromatic rings. The van der Waals surface area contributed by atoms with Gasteiger partial charge in [0.2, 0.25) is 0 Å². The van der Waals surface area contributed by atoms with Gasteiger partial charge in [-0.25, -0.2) is 19.9 Å². The standard InChI is InChI=1S/C18H20F3N7/c1-12(2)15-22-4-3-14(25-15)26-7-9-27(10-8-26)16-17-24-13(18(19,20)21)11-28(17)6-5-23-16/h3-6,11-12H,7-10H2,1-2H3. The van der Waals surface area contributed by atoms with Gasteiger partial charge in [-0.15, -0.1) is 0 Å². The van der Waals surface area contributed by atoms with Crippen molar-refractivity contribution >= 4 is 17.3 Å². The third-order valence-electron chi connectivity index (χ3n) is 4.73. The number of imidazole rings is 1. The normalized spacial score (nSPS) is 15.6. The molecule has 0 amide bonds. The van der Waals surface area contributed by atoms with Crippen LogP contribution in [0.2, 0.25) is 0 Å². The van der Waals surface area contributed by atoms with Gasteiger partial charge >= 0.3 is 6.18 Å². The van der Waals surface area contributed by atoms with Gasteiger partial charge in [-0.2, -0.15) is 13.2 Å². The number of anilines is 2. The first-order chi connectivity index (χ1) is 13.3. The molecule has 0 atom stereocenters. The predicted octanol–water partition coefficient (Wildman–Crippen LogP) is 2.99. The van der Waals surface area contributed by atoms with Crippen LogP contribution in [0.4, 0.5) is 24.8 Å². The molecule has 0 saturated carbocycles. The van der Waals surface area contributed by atoms with Crippen molar-refractivity contribution in [2.45, 2.75) is 25.9 Å². The quantitative estimate of drug-likeness (QED) is 0.684. The maximum atomic E-state index is 13.0. The number of rotatable bonds is 3. The SMILES string of the molecule is CC(C)c1nccc(N2CCN(c3nccn4cc(C(F)(F)F)nc34)CC2)n1. The molecule has 1 fully saturated rings. The van der Waals surface area contributed by atoms with Gasteiger partial charge < -0.3 is 14.2 Å². The Morgan fingerprint density at radius 1 is 0.964 bits per heavy atom. The van der Waals surface area contributed by atoms with E-state index >= 15 is 0 Å². The molecule has 7 nitrogen and oxygen atoms in total. The summed E-state index contributed by atoms with van der Waals surface area (Å²) in [5.41, 5.74) is -0.699. The topological polar surface area (TPSA) is 62.5 Å². The molecule has 4 heterocycles. The zero-order chi connectivity index (χ0) is 19.9. The summed E-state index contributed by atoms with van der Waals surface area (Å²) in [4.78, 5) is 21.1. The smallest absolute Gasteiger partial charge is 0.353 e. The third-order valence-corrected chi connectivity index (χ3v) is 4.73. The van der Waals surface area contributed by atoms with E-state index in [1.807, 2.05) is 24.8 Å². The van der Waals surface area contributed by atoms with E-state index in [1.165, 1.54) is 16.8 Å². The maximum Gasteiger partial charge on any atom is 0.434 e. The van der Waals surface area contributed by atoms with Crippen LogP contribution in [0.5, 0.6) is 0 Å². The lowest BCUT2D eigenvalue weighted by atomic mass is 10.2. The van der Waals surface area contributed by atoms with Gasteiger partial charge in [-0.1, -0.05) is 13.8 Å². The van der Waals surface area contributed by atoms with E-state index < -0.39 is 11.9 Å². The largest absolute Gasteiger partial charge is 0.434 e. The molecular formula is C18H20F3N7. The first-order valence-corrected chi connectivity index (χ1v) is 9.06. The van der Waals surface area contributed by atoms with Crippen molar-refractivity contribution in [2.75, 3.05) is 36.0 Å². The van der Waals surface area contributed by atoms with Gasteiger partial charge in [0.25, 0.3) is 0 Å². The van der Waals surface area contributed by atoms with E-state index in [2.05, 4.69) is 24.8 Å². The Hall–Kier alpha value is -2.91. The highest BCUT2D eigenvalue weighted by Crippen LogP contribution is 2.30. The van der Waals surface area contributed by atoms with E-state index in [4.69, 9.17) is 0 Å². The number of hydrogen-bond acceptors (Lipinski definition) is 6. The Kier molecular flexibility index (Phi) is 4.56. The number of piperazine rings is 1. The second kappa shape index (κ2) is 6.92. The molecule has 0 N–H and O–H groups in total. The molecule has 4 rings (SSSR count). The van der Waals surface area contributed by atoms with Crippen LogP contribution < -0.4 is 9.80 Å². The highest BCUT2D eigenvalue weighted by molar-refractivity contribution is 5.65. The summed E-state index contributed by atoms with van der Waals surface area (Å²) in [5.74, 6) is 2.36. The summed E-state index contributed by atoms with van der Waals surface area (Å²) in [5, 5.41) is 0. The van der Waals surface area contributed by atoms with Crippen LogP contribution in [0.25, 0.3) is 5.65 Å². The van der Waals surface area contributed by atoms with Crippen molar-refractivity contribution < 1.29 is 13.2 Å². The van der Waals surface area contributed by atoms with Crippen LogP contribution >= 0.6 is 0 Å². The molecule has 0 unspecified atom stereocenters. The lowest BCUT2D eigenvalue weighted by molar-refractivity contribution is -0.140. The fourth-order valence-electron chi connectivity index (χ4n) is 3.23. The number of aromatic nitrogens is 5. The van der Waals surface area contributed by atoms with Crippen LogP contribution in [0.15, 0.2) is 30.9 Å². The summed E-state index contributed by atoms with van der Waals surface area (Å²) in [6, 6.07) is 1.88. The summed E-state index contributed by atoms with van der Waals surface area (Å²) in [6.07, 6.45) is 1.24. The molecule has 0 bridgehead atoms. The van der Waals surface area contributed by atoms with Crippen LogP contribution in [-0.4, -0.2) is 50.5 Å². The third kappa shape index (κ3) is 3.46. The lowest BCUT2D eigenvalue weighted by Gasteiger charge is -2.36. The molecule has 0 aromatic carbocycles. The molecular weight excluding hydrogens is 371 g/mol. The van der Waals surface area contributed by atoms with Gasteiger partial charge in [-0.05, 0) is 6.07 Å². The second-order valence-electron chi connectivity index (χ2n) is 7.01. The Morgan fingerprint density at radius 2 is 1.68 bits per heavy atom. The van der Waals surface area contributed by atoms with Crippen LogP contribution in [0.3, 0.4) is 0 Å². The molecule has 10 heteroatoms. The fourth-order valence-corrected chi connectivity index (χ4v) is 3.23. The van der Waals surface area contributed by atoms with Crippen molar-refractivity contribution in [3.05, 3.63) is 42.4 Å². The van der Waals surface area contributed by atoms with Crippen LogP contribution in [-0.2, 0) is 6.18 Å². The van der Waals surface area contributed by atoms with Gasteiger partial charge in [0.05, 0.1) is 0 Å². The summed E-state index contributed by atoms with van der Waals surface area (Å²) >= 11 is 0. The molecule has 28 heavy (non-hydrogen) atoms. The molecule has 148 valence electrons. The van der Waals surface area contributed by atoms with Gasteiger partial charge in [-0.3, -0.25) is 0 Å². The van der Waals surface area contributed by atoms with E-state index in [0.29, 0.717) is 32.0 Å². The van der Waals surface area contributed by atoms with Crippen molar-refractivity contribution in [1.29, 1.82) is 0 Å².